The fraction of sp³-hybridized carbons (Fsp3) is 0.200. The molecule has 0 saturated carbocycles. The van der Waals surface area contributed by atoms with E-state index in [2.05, 4.69) is 0 Å². The van der Waals surface area contributed by atoms with Gasteiger partial charge in [0.2, 0.25) is 0 Å². The van der Waals surface area contributed by atoms with Gasteiger partial charge in [-0.2, -0.15) is 0 Å². The molecule has 0 unspecified atom stereocenters. The van der Waals surface area contributed by atoms with Crippen LogP contribution in [-0.2, 0) is 10.9 Å². The van der Waals surface area contributed by atoms with Crippen LogP contribution in [0.3, 0.4) is 0 Å². The van der Waals surface area contributed by atoms with Gasteiger partial charge < -0.3 is 5.11 Å². The van der Waals surface area contributed by atoms with E-state index in [1.807, 2.05) is 12.5 Å². The highest BCUT2D eigenvalue weighted by Crippen LogP contribution is 2.14. The normalized spacial score (nSPS) is 12.2. The van der Waals surface area contributed by atoms with Gasteiger partial charge in [-0.15, -0.1) is 0 Å². The van der Waals surface area contributed by atoms with Gasteiger partial charge in [0.25, 0.3) is 0 Å². The number of hydrogen-bond acceptors (Lipinski definition) is 1. The molecule has 0 amide bonds. The molecular formula is C10H11ClOS. The Kier molecular flexibility index (Phi) is 3.70. The van der Waals surface area contributed by atoms with Crippen LogP contribution in [0.2, 0.25) is 5.02 Å². The van der Waals surface area contributed by atoms with E-state index >= 15 is 0 Å². The zero-order chi connectivity index (χ0) is 9.84. The highest BCUT2D eigenvalue weighted by atomic mass is 35.5. The van der Waals surface area contributed by atoms with Gasteiger partial charge >= 0.3 is 0 Å². The molecule has 1 rings (SSSR count). The number of hydrogen-bond donors (Lipinski definition) is 0. The molecule has 1 aromatic rings. The summed E-state index contributed by atoms with van der Waals surface area (Å²) in [4.78, 5) is 0. The van der Waals surface area contributed by atoms with Crippen LogP contribution in [0, 0.1) is 0 Å². The zero-order valence-corrected chi connectivity index (χ0v) is 9.15. The third kappa shape index (κ3) is 3.33. The van der Waals surface area contributed by atoms with Crippen LogP contribution in [0.25, 0.3) is 5.76 Å². The summed E-state index contributed by atoms with van der Waals surface area (Å²) >= 11 is 5.70. The lowest BCUT2D eigenvalue weighted by Crippen LogP contribution is -2.04. The van der Waals surface area contributed by atoms with Crippen molar-refractivity contribution in [3.05, 3.63) is 40.3 Å². The summed E-state index contributed by atoms with van der Waals surface area (Å²) in [5, 5.41) is 13.9. The highest BCUT2D eigenvalue weighted by Gasteiger charge is 1.97. The van der Waals surface area contributed by atoms with Gasteiger partial charge in [-0.05, 0) is 17.7 Å². The molecule has 0 saturated heterocycles. The quantitative estimate of drug-likeness (QED) is 0.545. The fourth-order valence-electron chi connectivity index (χ4n) is 0.896. The lowest BCUT2D eigenvalue weighted by atomic mass is 10.2. The maximum atomic E-state index is 11.5. The lowest BCUT2D eigenvalue weighted by molar-refractivity contribution is -0.243. The van der Waals surface area contributed by atoms with Gasteiger partial charge in [0, 0.05) is 15.9 Å². The Labute approximate surface area is 86.4 Å². The molecule has 0 radical (unpaired) electrons. The maximum Gasteiger partial charge on any atom is 0.111 e. The van der Waals surface area contributed by atoms with Crippen LogP contribution in [0.4, 0.5) is 0 Å². The molecule has 3 heteroatoms. The van der Waals surface area contributed by atoms with Crippen molar-refractivity contribution in [2.45, 2.75) is 0 Å². The third-order valence-corrected chi connectivity index (χ3v) is 2.41. The molecule has 0 atom stereocenters. The van der Waals surface area contributed by atoms with Crippen molar-refractivity contribution < 1.29 is 5.11 Å². The van der Waals surface area contributed by atoms with Crippen LogP contribution >= 0.6 is 11.6 Å². The van der Waals surface area contributed by atoms with Crippen LogP contribution in [0.1, 0.15) is 5.56 Å². The second-order valence-electron chi connectivity index (χ2n) is 2.87. The van der Waals surface area contributed by atoms with E-state index in [1.165, 1.54) is 0 Å². The van der Waals surface area contributed by atoms with Crippen molar-refractivity contribution in [1.29, 1.82) is 0 Å². The maximum absolute atomic E-state index is 11.5. The second-order valence-corrected chi connectivity index (χ2v) is 5.30. The molecule has 70 valence electrons. The van der Waals surface area contributed by atoms with E-state index in [4.69, 9.17) is 11.6 Å². The van der Waals surface area contributed by atoms with Crippen molar-refractivity contribution in [3.63, 3.8) is 0 Å². The first-order chi connectivity index (χ1) is 6.09. The molecule has 1 aromatic carbocycles. The molecule has 1 nitrogen and oxygen atoms in total. The minimum absolute atomic E-state index is 0.0410. The molecule has 0 bridgehead atoms. The molecule has 0 aromatic heterocycles. The molecule has 13 heavy (non-hydrogen) atoms. The Morgan fingerprint density at radius 2 is 1.85 bits per heavy atom. The van der Waals surface area contributed by atoms with Crippen LogP contribution in [0.5, 0.6) is 0 Å². The van der Waals surface area contributed by atoms with Crippen molar-refractivity contribution in [2.75, 3.05) is 12.5 Å². The molecular weight excluding hydrogens is 204 g/mol. The molecule has 0 fully saturated rings. The highest BCUT2D eigenvalue weighted by molar-refractivity contribution is 7.98. The van der Waals surface area contributed by atoms with Crippen LogP contribution < -0.4 is 5.11 Å². The summed E-state index contributed by atoms with van der Waals surface area (Å²) in [5.74, 6) is 0.0741. The van der Waals surface area contributed by atoms with Crippen molar-refractivity contribution in [3.8, 4) is 0 Å². The number of benzene rings is 1. The Morgan fingerprint density at radius 1 is 1.31 bits per heavy atom. The average Bonchev–Trinajstić information content (AvgIpc) is 2.04. The van der Waals surface area contributed by atoms with Gasteiger partial charge in [0.15, 0.2) is 0 Å². The van der Waals surface area contributed by atoms with E-state index in [9.17, 15) is 5.11 Å². The van der Waals surface area contributed by atoms with E-state index < -0.39 is 0 Å². The van der Waals surface area contributed by atoms with E-state index in [1.54, 1.807) is 29.7 Å². The van der Waals surface area contributed by atoms with E-state index in [-0.39, 0.29) is 16.7 Å². The van der Waals surface area contributed by atoms with Crippen molar-refractivity contribution >= 4 is 28.3 Å². The summed E-state index contributed by atoms with van der Waals surface area (Å²) in [5.41, 5.74) is 0.700. The second kappa shape index (κ2) is 4.58. The molecule has 0 spiro atoms. The van der Waals surface area contributed by atoms with Crippen molar-refractivity contribution in [2.24, 2.45) is 0 Å². The smallest absolute Gasteiger partial charge is 0.111 e. The van der Waals surface area contributed by atoms with Gasteiger partial charge in [-0.25, -0.2) is 0 Å². The molecule has 0 N–H and O–H groups in total. The predicted molar refractivity (Wildman–Crippen MR) is 58.6 cm³/mol. The number of rotatable bonds is 2. The van der Waals surface area contributed by atoms with Gasteiger partial charge in [0.1, 0.15) is 17.9 Å². The van der Waals surface area contributed by atoms with Gasteiger partial charge in [-0.1, -0.05) is 29.5 Å². The molecule has 0 aliphatic heterocycles. The SMILES string of the molecule is C[S+](C)/C=C(\[O-])c1ccc(Cl)cc1. The summed E-state index contributed by atoms with van der Waals surface area (Å²) in [7, 11) is 0.0410. The minimum Gasteiger partial charge on any atom is -0.869 e. The fourth-order valence-corrected chi connectivity index (χ4v) is 1.59. The summed E-state index contributed by atoms with van der Waals surface area (Å²) in [6.45, 7) is 0. The first kappa shape index (κ1) is 10.5. The lowest BCUT2D eigenvalue weighted by Gasteiger charge is -2.09. The van der Waals surface area contributed by atoms with E-state index in [0.29, 0.717) is 10.6 Å². The monoisotopic (exact) mass is 214 g/mol. The molecule has 0 aliphatic rings. The third-order valence-electron chi connectivity index (χ3n) is 1.47. The van der Waals surface area contributed by atoms with Crippen LogP contribution in [0.15, 0.2) is 29.7 Å². The Morgan fingerprint density at radius 3 is 2.31 bits per heavy atom. The Hall–Kier alpha value is -0.600. The van der Waals surface area contributed by atoms with Crippen LogP contribution in [-0.4, -0.2) is 12.5 Å². The van der Waals surface area contributed by atoms with Gasteiger partial charge in [0.05, 0.1) is 0 Å². The first-order valence-electron chi connectivity index (χ1n) is 3.81. The molecule has 0 heterocycles. The summed E-state index contributed by atoms with van der Waals surface area (Å²) < 4.78 is 0. The van der Waals surface area contributed by atoms with E-state index in [0.717, 1.165) is 0 Å². The number of halogens is 1. The Bertz CT molecular complexity index is 303. The van der Waals surface area contributed by atoms with Gasteiger partial charge in [-0.3, -0.25) is 0 Å². The standard InChI is InChI=1S/C10H11ClOS/c1-13(2)7-10(12)8-3-5-9(11)6-4-8/h3-7H,1-2H3/b10-7-. The van der Waals surface area contributed by atoms with Crippen molar-refractivity contribution in [1.82, 2.24) is 0 Å². The predicted octanol–water partition coefficient (Wildman–Crippen LogP) is 1.88. The summed E-state index contributed by atoms with van der Waals surface area (Å²) in [6, 6.07) is 6.94. The topological polar surface area (TPSA) is 23.1 Å². The average molecular weight is 215 g/mol. The minimum atomic E-state index is 0.0410. The zero-order valence-electron chi connectivity index (χ0n) is 7.58. The Balaban J connectivity index is 2.89. The molecule has 0 aliphatic carbocycles. The largest absolute Gasteiger partial charge is 0.869 e. The summed E-state index contributed by atoms with van der Waals surface area (Å²) in [6.07, 6.45) is 4.02. The first-order valence-corrected chi connectivity index (χ1v) is 6.29.